The maximum absolute atomic E-state index is 13.5. The van der Waals surface area contributed by atoms with E-state index in [1.165, 1.54) is 6.08 Å². The molecule has 0 atom stereocenters. The fourth-order valence-electron chi connectivity index (χ4n) is 5.54. The Morgan fingerprint density at radius 1 is 1.13 bits per heavy atom. The van der Waals surface area contributed by atoms with Gasteiger partial charge in [-0.25, -0.2) is 9.97 Å². The van der Waals surface area contributed by atoms with E-state index in [1.54, 1.807) is 4.68 Å². The molecular formula is C29H35N7O2. The zero-order valence-electron chi connectivity index (χ0n) is 22.4. The number of likely N-dealkylation sites (tertiary alicyclic amines) is 1. The molecule has 0 saturated carbocycles. The van der Waals surface area contributed by atoms with E-state index in [0.29, 0.717) is 31.2 Å². The second-order valence-corrected chi connectivity index (χ2v) is 9.93. The molecule has 2 N–H and O–H groups in total. The van der Waals surface area contributed by atoms with Crippen LogP contribution in [0.4, 0.5) is 11.6 Å². The van der Waals surface area contributed by atoms with Gasteiger partial charge in [-0.2, -0.15) is 5.10 Å². The van der Waals surface area contributed by atoms with Crippen molar-refractivity contribution in [3.8, 4) is 11.4 Å². The summed E-state index contributed by atoms with van der Waals surface area (Å²) in [5, 5.41) is 11.3. The van der Waals surface area contributed by atoms with Gasteiger partial charge >= 0.3 is 0 Å². The zero-order chi connectivity index (χ0) is 26.8. The lowest BCUT2D eigenvalue weighted by Crippen LogP contribution is -2.41. The molecule has 3 heterocycles. The van der Waals surface area contributed by atoms with Crippen LogP contribution in [0.2, 0.25) is 0 Å². The van der Waals surface area contributed by atoms with Crippen LogP contribution in [0.25, 0.3) is 11.4 Å². The van der Waals surface area contributed by atoms with Crippen LogP contribution in [-0.2, 0) is 37.5 Å². The number of nitrogens with zero attached hydrogens (tertiary/aromatic N) is 5. The number of fused-ring (bicyclic) bond motifs is 3. The minimum Gasteiger partial charge on any atom is -0.351 e. The van der Waals surface area contributed by atoms with Crippen molar-refractivity contribution in [2.75, 3.05) is 23.7 Å². The molecule has 2 amide bonds. The Labute approximate surface area is 223 Å². The number of carbonyl (C=O) groups excluding carboxylic acids is 2. The number of aryl methyl sites for hydroxylation is 4. The van der Waals surface area contributed by atoms with Crippen molar-refractivity contribution in [3.05, 3.63) is 65.0 Å². The van der Waals surface area contributed by atoms with Crippen molar-refractivity contribution in [1.82, 2.24) is 24.6 Å². The van der Waals surface area contributed by atoms with Crippen molar-refractivity contribution >= 4 is 23.5 Å². The summed E-state index contributed by atoms with van der Waals surface area (Å²) < 4.78 is 1.77. The number of carbonyl (C=O) groups is 2. The molecule has 1 aromatic carbocycles. The van der Waals surface area contributed by atoms with Crippen molar-refractivity contribution in [1.29, 1.82) is 0 Å². The minimum atomic E-state index is -0.186. The Bertz CT molecular complexity index is 1360. The summed E-state index contributed by atoms with van der Waals surface area (Å²) in [4.78, 5) is 36.7. The van der Waals surface area contributed by atoms with E-state index in [9.17, 15) is 9.59 Å². The first-order chi connectivity index (χ1) is 18.4. The molecule has 2 aromatic heterocycles. The molecule has 9 heteroatoms. The molecular weight excluding hydrogens is 478 g/mol. The van der Waals surface area contributed by atoms with Gasteiger partial charge in [0, 0.05) is 43.6 Å². The molecule has 0 spiro atoms. The summed E-state index contributed by atoms with van der Waals surface area (Å²) in [6.45, 7) is 9.13. The van der Waals surface area contributed by atoms with Gasteiger partial charge < -0.3 is 15.5 Å². The summed E-state index contributed by atoms with van der Waals surface area (Å²) in [5.74, 6) is 0.344. The number of rotatable bonds is 7. The predicted molar refractivity (Wildman–Crippen MR) is 148 cm³/mol. The molecule has 9 nitrogen and oxygen atoms in total. The van der Waals surface area contributed by atoms with Crippen molar-refractivity contribution < 1.29 is 9.59 Å². The van der Waals surface area contributed by atoms with Gasteiger partial charge in [0.2, 0.25) is 11.9 Å². The third kappa shape index (κ3) is 4.80. The SMILES string of the molecule is C=CC(=O)N1CCC(Nc2ncc3c(n2)-c2c(c(C(=O)Nc4c(CC)cccc4CC)nn2C)CC3)CC1. The molecule has 5 rings (SSSR count). The molecule has 0 unspecified atom stereocenters. The third-order valence-corrected chi connectivity index (χ3v) is 7.65. The molecule has 3 aromatic rings. The lowest BCUT2D eigenvalue weighted by atomic mass is 9.93. The highest BCUT2D eigenvalue weighted by atomic mass is 16.2. The number of hydrogen-bond donors (Lipinski definition) is 2. The highest BCUT2D eigenvalue weighted by molar-refractivity contribution is 6.06. The predicted octanol–water partition coefficient (Wildman–Crippen LogP) is 3.94. The first-order valence-electron chi connectivity index (χ1n) is 13.5. The van der Waals surface area contributed by atoms with Crippen LogP contribution in [0.15, 0.2) is 37.1 Å². The average Bonchev–Trinajstić information content (AvgIpc) is 3.30. The first-order valence-corrected chi connectivity index (χ1v) is 13.5. The lowest BCUT2D eigenvalue weighted by molar-refractivity contribution is -0.126. The monoisotopic (exact) mass is 513 g/mol. The van der Waals surface area contributed by atoms with Gasteiger partial charge in [0.25, 0.3) is 5.91 Å². The normalized spacial score (nSPS) is 15.0. The van der Waals surface area contributed by atoms with E-state index in [4.69, 9.17) is 4.98 Å². The van der Waals surface area contributed by atoms with E-state index < -0.39 is 0 Å². The Morgan fingerprint density at radius 2 is 1.84 bits per heavy atom. The number of para-hydroxylation sites is 1. The van der Waals surface area contributed by atoms with Crippen molar-refractivity contribution in [2.45, 2.75) is 58.4 Å². The summed E-state index contributed by atoms with van der Waals surface area (Å²) >= 11 is 0. The van der Waals surface area contributed by atoms with Gasteiger partial charge in [0.1, 0.15) is 0 Å². The molecule has 1 aliphatic heterocycles. The van der Waals surface area contributed by atoms with E-state index >= 15 is 0 Å². The summed E-state index contributed by atoms with van der Waals surface area (Å²) in [6.07, 6.45) is 8.03. The summed E-state index contributed by atoms with van der Waals surface area (Å²) in [6, 6.07) is 6.35. The molecule has 1 aliphatic carbocycles. The molecule has 0 bridgehead atoms. The smallest absolute Gasteiger partial charge is 0.276 e. The van der Waals surface area contributed by atoms with E-state index in [-0.39, 0.29) is 17.9 Å². The highest BCUT2D eigenvalue weighted by Gasteiger charge is 2.30. The molecule has 2 aliphatic rings. The fraction of sp³-hybridized carbons (Fsp3) is 0.414. The Hall–Kier alpha value is -4.01. The quantitative estimate of drug-likeness (QED) is 0.464. The van der Waals surface area contributed by atoms with Crippen LogP contribution >= 0.6 is 0 Å². The zero-order valence-corrected chi connectivity index (χ0v) is 22.4. The molecule has 198 valence electrons. The van der Waals surface area contributed by atoms with Crippen molar-refractivity contribution in [3.63, 3.8) is 0 Å². The number of aromatic nitrogens is 4. The molecule has 1 saturated heterocycles. The number of piperidine rings is 1. The number of benzene rings is 1. The van der Waals surface area contributed by atoms with Gasteiger partial charge in [0.05, 0.1) is 11.4 Å². The average molecular weight is 514 g/mol. The van der Waals surface area contributed by atoms with Gasteiger partial charge in [-0.15, -0.1) is 0 Å². The number of hydrogen-bond acceptors (Lipinski definition) is 6. The summed E-state index contributed by atoms with van der Waals surface area (Å²) in [7, 11) is 1.86. The number of amides is 2. The topological polar surface area (TPSA) is 105 Å². The molecule has 0 radical (unpaired) electrons. The number of nitrogens with one attached hydrogen (secondary N) is 2. The highest BCUT2D eigenvalue weighted by Crippen LogP contribution is 2.35. The molecule has 38 heavy (non-hydrogen) atoms. The maximum atomic E-state index is 13.5. The third-order valence-electron chi connectivity index (χ3n) is 7.65. The number of anilines is 2. The Balaban J connectivity index is 1.38. The second kappa shape index (κ2) is 10.8. The minimum absolute atomic E-state index is 0.0267. The van der Waals surface area contributed by atoms with E-state index in [1.807, 2.05) is 24.2 Å². The Morgan fingerprint density at radius 3 is 2.50 bits per heavy atom. The van der Waals surface area contributed by atoms with E-state index in [0.717, 1.165) is 71.4 Å². The van der Waals surface area contributed by atoms with Crippen LogP contribution in [0.1, 0.15) is 59.4 Å². The second-order valence-electron chi connectivity index (χ2n) is 9.93. The van der Waals surface area contributed by atoms with Crippen LogP contribution in [0.5, 0.6) is 0 Å². The maximum Gasteiger partial charge on any atom is 0.276 e. The molecule has 1 fully saturated rings. The van der Waals surface area contributed by atoms with Gasteiger partial charge in [-0.3, -0.25) is 14.3 Å². The van der Waals surface area contributed by atoms with Gasteiger partial charge in [0.15, 0.2) is 5.69 Å². The van der Waals surface area contributed by atoms with E-state index in [2.05, 4.69) is 53.3 Å². The lowest BCUT2D eigenvalue weighted by Gasteiger charge is -2.31. The fourth-order valence-corrected chi connectivity index (χ4v) is 5.54. The summed E-state index contributed by atoms with van der Waals surface area (Å²) in [5.41, 5.74) is 7.25. The van der Waals surface area contributed by atoms with Crippen LogP contribution < -0.4 is 10.6 Å². The first kappa shape index (κ1) is 25.6. The standard InChI is InChI=1S/C29H35N7O2/c1-5-18-9-8-10-19(6-2)24(18)32-28(38)26-22-12-11-20-17-30-29(33-25(20)27(22)35(4)34-26)31-21-13-15-36(16-14-21)23(37)7-3/h7-10,17,21H,3,5-6,11-16H2,1-2,4H3,(H,32,38)(H,30,31,33). The van der Waals surface area contributed by atoms with Crippen LogP contribution in [0, 0.1) is 0 Å². The largest absolute Gasteiger partial charge is 0.351 e. The van der Waals surface area contributed by atoms with Gasteiger partial charge in [-0.1, -0.05) is 38.6 Å². The van der Waals surface area contributed by atoms with Crippen LogP contribution in [0.3, 0.4) is 0 Å². The Kier molecular flexibility index (Phi) is 7.26. The van der Waals surface area contributed by atoms with Gasteiger partial charge in [-0.05, 0) is 61.3 Å². The van der Waals surface area contributed by atoms with Crippen molar-refractivity contribution in [2.24, 2.45) is 7.05 Å². The van der Waals surface area contributed by atoms with Crippen LogP contribution in [-0.4, -0.2) is 55.6 Å².